The van der Waals surface area contributed by atoms with E-state index in [2.05, 4.69) is 5.32 Å². The first-order chi connectivity index (χ1) is 8.42. The van der Waals surface area contributed by atoms with Gasteiger partial charge in [0.1, 0.15) is 6.61 Å². The molecule has 0 fully saturated rings. The molecule has 1 atom stereocenters. The molecule has 0 aliphatic rings. The number of amides is 1. The van der Waals surface area contributed by atoms with Crippen LogP contribution in [-0.4, -0.2) is 24.0 Å². The monoisotopic (exact) mass is 269 g/mol. The number of rotatable bonds is 5. The molecule has 1 aromatic carbocycles. The number of carbonyl (C=O) groups excluding carboxylic acids is 1. The molecule has 1 rings (SSSR count). The Morgan fingerprint density at radius 2 is 1.94 bits per heavy atom. The van der Waals surface area contributed by atoms with Crippen molar-refractivity contribution >= 4 is 17.5 Å². The number of hydrogen-bond acceptors (Lipinski definition) is 2. The molecule has 1 amide bonds. The van der Waals surface area contributed by atoms with Gasteiger partial charge in [-0.3, -0.25) is 4.79 Å². The van der Waals surface area contributed by atoms with E-state index in [0.29, 0.717) is 5.88 Å². The quantitative estimate of drug-likeness (QED) is 0.835. The first-order valence-electron chi connectivity index (χ1n) is 5.96. The second-order valence-electron chi connectivity index (χ2n) is 5.09. The van der Waals surface area contributed by atoms with Crippen molar-refractivity contribution in [3.05, 3.63) is 35.9 Å². The number of alkyl halides is 1. The molecule has 1 unspecified atom stereocenters. The summed E-state index contributed by atoms with van der Waals surface area (Å²) in [4.78, 5) is 11.7. The van der Waals surface area contributed by atoms with Crippen LogP contribution in [0.25, 0.3) is 0 Å². The second kappa shape index (κ2) is 6.76. The smallest absolute Gasteiger partial charge is 0.246 e. The van der Waals surface area contributed by atoms with Crippen molar-refractivity contribution in [3.63, 3.8) is 0 Å². The maximum atomic E-state index is 11.7. The van der Waals surface area contributed by atoms with Crippen molar-refractivity contribution in [3.8, 4) is 0 Å². The van der Waals surface area contributed by atoms with Gasteiger partial charge < -0.3 is 10.1 Å². The maximum absolute atomic E-state index is 11.7. The van der Waals surface area contributed by atoms with Crippen LogP contribution in [0, 0.1) is 0 Å². The van der Waals surface area contributed by atoms with Gasteiger partial charge in [-0.2, -0.15) is 0 Å². The molecular formula is C14H20ClNO2. The standard InChI is InChI=1S/C14H20ClNO2/c1-14(2,3)18-10-13(17)16-12(9-15)11-7-5-4-6-8-11/h4-8,12H,9-10H2,1-3H3,(H,16,17). The number of ether oxygens (including phenoxy) is 1. The first kappa shape index (κ1) is 15.0. The molecule has 0 saturated heterocycles. The van der Waals surface area contributed by atoms with E-state index in [1.165, 1.54) is 0 Å². The largest absolute Gasteiger partial charge is 0.366 e. The molecule has 1 N–H and O–H groups in total. The van der Waals surface area contributed by atoms with E-state index in [0.717, 1.165) is 5.56 Å². The number of carbonyl (C=O) groups is 1. The molecule has 0 bridgehead atoms. The number of hydrogen-bond donors (Lipinski definition) is 1. The van der Waals surface area contributed by atoms with Crippen LogP contribution in [0.5, 0.6) is 0 Å². The van der Waals surface area contributed by atoms with E-state index in [9.17, 15) is 4.79 Å². The van der Waals surface area contributed by atoms with Gasteiger partial charge in [-0.15, -0.1) is 11.6 Å². The van der Waals surface area contributed by atoms with Crippen LogP contribution in [0.2, 0.25) is 0 Å². The summed E-state index contributed by atoms with van der Waals surface area (Å²) >= 11 is 5.88. The van der Waals surface area contributed by atoms with Gasteiger partial charge in [0.25, 0.3) is 0 Å². The molecule has 0 saturated carbocycles. The van der Waals surface area contributed by atoms with Crippen molar-refractivity contribution in [2.45, 2.75) is 32.4 Å². The van der Waals surface area contributed by atoms with Crippen molar-refractivity contribution < 1.29 is 9.53 Å². The summed E-state index contributed by atoms with van der Waals surface area (Å²) in [7, 11) is 0. The summed E-state index contributed by atoms with van der Waals surface area (Å²) in [5.41, 5.74) is 0.678. The first-order valence-corrected chi connectivity index (χ1v) is 6.50. The van der Waals surface area contributed by atoms with Gasteiger partial charge in [0.05, 0.1) is 11.6 Å². The predicted molar refractivity (Wildman–Crippen MR) is 73.8 cm³/mol. The van der Waals surface area contributed by atoms with Crippen LogP contribution in [0.4, 0.5) is 0 Å². The fourth-order valence-corrected chi connectivity index (χ4v) is 1.67. The molecule has 3 nitrogen and oxygen atoms in total. The SMILES string of the molecule is CC(C)(C)OCC(=O)NC(CCl)c1ccccc1. The van der Waals surface area contributed by atoms with Crippen LogP contribution in [0.3, 0.4) is 0 Å². The second-order valence-corrected chi connectivity index (χ2v) is 5.39. The fourth-order valence-electron chi connectivity index (χ4n) is 1.41. The lowest BCUT2D eigenvalue weighted by Gasteiger charge is -2.21. The molecule has 0 aromatic heterocycles. The average Bonchev–Trinajstić information content (AvgIpc) is 2.33. The average molecular weight is 270 g/mol. The van der Waals surface area contributed by atoms with E-state index in [1.54, 1.807) is 0 Å². The van der Waals surface area contributed by atoms with E-state index in [4.69, 9.17) is 16.3 Å². The lowest BCUT2D eigenvalue weighted by Crippen LogP contribution is -2.35. The van der Waals surface area contributed by atoms with E-state index in [-0.39, 0.29) is 24.2 Å². The zero-order chi connectivity index (χ0) is 13.6. The van der Waals surface area contributed by atoms with Gasteiger partial charge in [-0.05, 0) is 26.3 Å². The summed E-state index contributed by atoms with van der Waals surface area (Å²) in [6, 6.07) is 9.48. The molecule has 0 aliphatic heterocycles. The Bertz CT molecular complexity index is 373. The highest BCUT2D eigenvalue weighted by Gasteiger charge is 2.16. The minimum atomic E-state index is -0.319. The summed E-state index contributed by atoms with van der Waals surface area (Å²) < 4.78 is 5.42. The van der Waals surface area contributed by atoms with Crippen LogP contribution >= 0.6 is 11.6 Å². The Labute approximate surface area is 113 Å². The summed E-state index contributed by atoms with van der Waals surface area (Å²) in [5, 5.41) is 2.86. The zero-order valence-corrected chi connectivity index (χ0v) is 11.8. The molecule has 0 radical (unpaired) electrons. The van der Waals surface area contributed by atoms with Crippen molar-refractivity contribution in [1.29, 1.82) is 0 Å². The van der Waals surface area contributed by atoms with Gasteiger partial charge in [-0.1, -0.05) is 30.3 Å². The van der Waals surface area contributed by atoms with E-state index < -0.39 is 0 Å². The summed E-state index contributed by atoms with van der Waals surface area (Å²) in [6.07, 6.45) is 0. The molecule has 0 aliphatic carbocycles. The number of benzene rings is 1. The van der Waals surface area contributed by atoms with Gasteiger partial charge in [0.2, 0.25) is 5.91 Å². The van der Waals surface area contributed by atoms with Crippen molar-refractivity contribution in [2.24, 2.45) is 0 Å². The molecule has 100 valence electrons. The number of nitrogens with one attached hydrogen (secondary N) is 1. The highest BCUT2D eigenvalue weighted by atomic mass is 35.5. The van der Waals surface area contributed by atoms with Gasteiger partial charge in [-0.25, -0.2) is 0 Å². The van der Waals surface area contributed by atoms with Crippen molar-refractivity contribution in [2.75, 3.05) is 12.5 Å². The lowest BCUT2D eigenvalue weighted by atomic mass is 10.1. The third kappa shape index (κ3) is 5.52. The summed E-state index contributed by atoms with van der Waals surface area (Å²) in [5.74, 6) is 0.185. The van der Waals surface area contributed by atoms with Crippen LogP contribution in [0.1, 0.15) is 32.4 Å². The zero-order valence-electron chi connectivity index (χ0n) is 11.1. The van der Waals surface area contributed by atoms with Gasteiger partial charge in [0.15, 0.2) is 0 Å². The third-order valence-electron chi connectivity index (χ3n) is 2.33. The van der Waals surface area contributed by atoms with Gasteiger partial charge >= 0.3 is 0 Å². The maximum Gasteiger partial charge on any atom is 0.246 e. The Morgan fingerprint density at radius 3 is 2.44 bits per heavy atom. The molecule has 0 heterocycles. The van der Waals surface area contributed by atoms with Crippen LogP contribution < -0.4 is 5.32 Å². The van der Waals surface area contributed by atoms with E-state index in [1.807, 2.05) is 51.1 Å². The molecular weight excluding hydrogens is 250 g/mol. The van der Waals surface area contributed by atoms with Crippen LogP contribution in [-0.2, 0) is 9.53 Å². The molecule has 0 spiro atoms. The number of halogens is 1. The third-order valence-corrected chi connectivity index (χ3v) is 2.64. The van der Waals surface area contributed by atoms with Gasteiger partial charge in [0, 0.05) is 5.88 Å². The normalized spacial score (nSPS) is 13.1. The topological polar surface area (TPSA) is 38.3 Å². The lowest BCUT2D eigenvalue weighted by molar-refractivity contribution is -0.131. The Morgan fingerprint density at radius 1 is 1.33 bits per heavy atom. The minimum absolute atomic E-state index is 0.0454. The Kier molecular flexibility index (Phi) is 5.63. The summed E-state index contributed by atoms with van der Waals surface area (Å²) in [6.45, 7) is 5.78. The van der Waals surface area contributed by atoms with E-state index >= 15 is 0 Å². The predicted octanol–water partition coefficient (Wildman–Crippen LogP) is 2.90. The highest BCUT2D eigenvalue weighted by molar-refractivity contribution is 6.18. The molecule has 18 heavy (non-hydrogen) atoms. The van der Waals surface area contributed by atoms with Crippen LogP contribution in [0.15, 0.2) is 30.3 Å². The highest BCUT2D eigenvalue weighted by Crippen LogP contribution is 2.14. The Hall–Kier alpha value is -1.06. The van der Waals surface area contributed by atoms with Crippen molar-refractivity contribution in [1.82, 2.24) is 5.32 Å². The Balaban J connectivity index is 2.51. The fraction of sp³-hybridized carbons (Fsp3) is 0.500. The minimum Gasteiger partial charge on any atom is -0.366 e. The molecule has 4 heteroatoms. The molecule has 1 aromatic rings.